The number of hydrogen-bond donors (Lipinski definition) is 1. The van der Waals surface area contributed by atoms with Gasteiger partial charge >= 0.3 is 0 Å². The number of aryl methyl sites for hydroxylation is 1. The second-order valence-electron chi connectivity index (χ2n) is 3.15. The summed E-state index contributed by atoms with van der Waals surface area (Å²) in [5, 5.41) is 6.45. The van der Waals surface area contributed by atoms with Crippen molar-refractivity contribution in [3.63, 3.8) is 0 Å². The number of thiazole rings is 1. The van der Waals surface area contributed by atoms with Gasteiger partial charge in [-0.05, 0) is 13.0 Å². The van der Waals surface area contributed by atoms with E-state index >= 15 is 0 Å². The molecule has 0 radical (unpaired) electrons. The highest BCUT2D eigenvalue weighted by atomic mass is 32.1. The largest absolute Gasteiger partial charge is 0.370 e. The van der Waals surface area contributed by atoms with Gasteiger partial charge in [0.1, 0.15) is 12.1 Å². The molecule has 0 amide bonds. The van der Waals surface area contributed by atoms with Crippen molar-refractivity contribution in [3.05, 3.63) is 34.7 Å². The second kappa shape index (κ2) is 4.84. The minimum atomic E-state index is 0.851. The van der Waals surface area contributed by atoms with Gasteiger partial charge in [-0.25, -0.2) is 15.0 Å². The second-order valence-corrected chi connectivity index (χ2v) is 4.10. The molecule has 0 spiro atoms. The van der Waals surface area contributed by atoms with E-state index in [1.165, 1.54) is 6.33 Å². The van der Waals surface area contributed by atoms with Gasteiger partial charge in [-0.15, -0.1) is 11.3 Å². The molecule has 0 aromatic carbocycles. The van der Waals surface area contributed by atoms with E-state index in [2.05, 4.69) is 25.6 Å². The van der Waals surface area contributed by atoms with Crippen molar-refractivity contribution in [2.45, 2.75) is 13.3 Å². The van der Waals surface area contributed by atoms with Gasteiger partial charge in [0.15, 0.2) is 0 Å². The summed E-state index contributed by atoms with van der Waals surface area (Å²) in [4.78, 5) is 12.3. The molecule has 0 atom stereocenters. The summed E-state index contributed by atoms with van der Waals surface area (Å²) in [6.07, 6.45) is 4.20. The third-order valence-electron chi connectivity index (χ3n) is 1.89. The summed E-state index contributed by atoms with van der Waals surface area (Å²) >= 11 is 1.70. The summed E-state index contributed by atoms with van der Waals surface area (Å²) in [7, 11) is 0. The van der Waals surface area contributed by atoms with Crippen LogP contribution in [-0.2, 0) is 6.42 Å². The molecule has 4 nitrogen and oxygen atoms in total. The molecule has 0 bridgehead atoms. The molecule has 2 heterocycles. The minimum absolute atomic E-state index is 0.851. The number of rotatable bonds is 4. The van der Waals surface area contributed by atoms with Crippen LogP contribution in [0.1, 0.15) is 10.7 Å². The lowest BCUT2D eigenvalue weighted by molar-refractivity contribution is 0.973. The third-order valence-corrected chi connectivity index (χ3v) is 2.92. The quantitative estimate of drug-likeness (QED) is 0.855. The number of nitrogens with one attached hydrogen (secondary N) is 1. The van der Waals surface area contributed by atoms with Crippen molar-refractivity contribution in [1.82, 2.24) is 15.0 Å². The van der Waals surface area contributed by atoms with Gasteiger partial charge in [-0.3, -0.25) is 0 Å². The highest BCUT2D eigenvalue weighted by Crippen LogP contribution is 2.09. The summed E-state index contributed by atoms with van der Waals surface area (Å²) < 4.78 is 0. The molecule has 0 aliphatic carbocycles. The smallest absolute Gasteiger partial charge is 0.129 e. The van der Waals surface area contributed by atoms with E-state index in [0.717, 1.165) is 29.5 Å². The average molecular weight is 220 g/mol. The third kappa shape index (κ3) is 2.99. The van der Waals surface area contributed by atoms with E-state index in [0.29, 0.717) is 0 Å². The lowest BCUT2D eigenvalue weighted by atomic mass is 10.4. The molecular weight excluding hydrogens is 208 g/mol. The monoisotopic (exact) mass is 220 g/mol. The highest BCUT2D eigenvalue weighted by Gasteiger charge is 1.98. The first kappa shape index (κ1) is 10.0. The first-order valence-corrected chi connectivity index (χ1v) is 5.63. The van der Waals surface area contributed by atoms with Crippen molar-refractivity contribution < 1.29 is 0 Å². The van der Waals surface area contributed by atoms with Gasteiger partial charge in [0.05, 0.1) is 5.01 Å². The molecule has 0 aliphatic heterocycles. The predicted octanol–water partition coefficient (Wildman–Crippen LogP) is 1.90. The summed E-state index contributed by atoms with van der Waals surface area (Å²) in [6.45, 7) is 2.86. The standard InChI is InChI=1S/C10H12N4S/c1-8-6-15-10(14-8)3-5-12-9-2-4-11-7-13-9/h2,4,6-7H,3,5H2,1H3,(H,11,12,13). The fourth-order valence-electron chi connectivity index (χ4n) is 1.21. The van der Waals surface area contributed by atoms with E-state index in [-0.39, 0.29) is 0 Å². The zero-order valence-corrected chi connectivity index (χ0v) is 9.29. The molecule has 78 valence electrons. The van der Waals surface area contributed by atoms with Crippen molar-refractivity contribution in [2.24, 2.45) is 0 Å². The normalized spacial score (nSPS) is 10.2. The van der Waals surface area contributed by atoms with Gasteiger partial charge in [-0.1, -0.05) is 0 Å². The van der Waals surface area contributed by atoms with E-state index in [1.807, 2.05) is 13.0 Å². The molecule has 1 N–H and O–H groups in total. The number of nitrogens with zero attached hydrogens (tertiary/aromatic N) is 3. The molecule has 15 heavy (non-hydrogen) atoms. The van der Waals surface area contributed by atoms with Crippen molar-refractivity contribution >= 4 is 17.2 Å². The number of hydrogen-bond acceptors (Lipinski definition) is 5. The average Bonchev–Trinajstić information content (AvgIpc) is 2.66. The fraction of sp³-hybridized carbons (Fsp3) is 0.300. The maximum absolute atomic E-state index is 4.39. The highest BCUT2D eigenvalue weighted by molar-refractivity contribution is 7.09. The van der Waals surface area contributed by atoms with Crippen LogP contribution >= 0.6 is 11.3 Å². The van der Waals surface area contributed by atoms with Crippen LogP contribution in [0.2, 0.25) is 0 Å². The molecule has 0 aliphatic rings. The van der Waals surface area contributed by atoms with Crippen molar-refractivity contribution in [2.75, 3.05) is 11.9 Å². The lowest BCUT2D eigenvalue weighted by Crippen LogP contribution is -2.05. The van der Waals surface area contributed by atoms with Crippen LogP contribution in [0.25, 0.3) is 0 Å². The molecule has 2 rings (SSSR count). The van der Waals surface area contributed by atoms with E-state index < -0.39 is 0 Å². The van der Waals surface area contributed by atoms with Crippen molar-refractivity contribution in [3.8, 4) is 0 Å². The minimum Gasteiger partial charge on any atom is -0.370 e. The maximum atomic E-state index is 4.39. The Morgan fingerprint density at radius 1 is 1.47 bits per heavy atom. The maximum Gasteiger partial charge on any atom is 0.129 e. The van der Waals surface area contributed by atoms with Crippen LogP contribution in [0.15, 0.2) is 24.0 Å². The number of aromatic nitrogens is 3. The molecule has 0 saturated heterocycles. The predicted molar refractivity (Wildman–Crippen MR) is 61.1 cm³/mol. The van der Waals surface area contributed by atoms with E-state index in [1.54, 1.807) is 17.5 Å². The topological polar surface area (TPSA) is 50.7 Å². The Bertz CT molecular complexity index is 412. The van der Waals surface area contributed by atoms with Crippen LogP contribution in [0.3, 0.4) is 0 Å². The van der Waals surface area contributed by atoms with Gasteiger partial charge < -0.3 is 5.32 Å². The Hall–Kier alpha value is -1.49. The number of anilines is 1. The first-order valence-electron chi connectivity index (χ1n) is 4.75. The Morgan fingerprint density at radius 2 is 2.40 bits per heavy atom. The fourth-order valence-corrected chi connectivity index (χ4v) is 1.99. The van der Waals surface area contributed by atoms with Crippen LogP contribution in [0, 0.1) is 6.92 Å². The molecule has 2 aromatic heterocycles. The van der Waals surface area contributed by atoms with Crippen LogP contribution < -0.4 is 5.32 Å². The Balaban J connectivity index is 1.80. The Morgan fingerprint density at radius 3 is 3.07 bits per heavy atom. The zero-order valence-electron chi connectivity index (χ0n) is 8.47. The van der Waals surface area contributed by atoms with E-state index in [4.69, 9.17) is 0 Å². The van der Waals surface area contributed by atoms with Crippen LogP contribution in [0.5, 0.6) is 0 Å². The Kier molecular flexibility index (Phi) is 3.24. The SMILES string of the molecule is Cc1csc(CCNc2ccncn2)n1. The molecule has 0 saturated carbocycles. The van der Waals surface area contributed by atoms with Gasteiger partial charge in [0.2, 0.25) is 0 Å². The molecule has 5 heteroatoms. The summed E-state index contributed by atoms with van der Waals surface area (Å²) in [6, 6.07) is 1.85. The molecule has 2 aromatic rings. The van der Waals surface area contributed by atoms with Crippen LogP contribution in [-0.4, -0.2) is 21.5 Å². The van der Waals surface area contributed by atoms with E-state index in [9.17, 15) is 0 Å². The molecule has 0 unspecified atom stereocenters. The van der Waals surface area contributed by atoms with Gasteiger partial charge in [0.25, 0.3) is 0 Å². The lowest BCUT2D eigenvalue weighted by Gasteiger charge is -2.02. The summed E-state index contributed by atoms with van der Waals surface area (Å²) in [5.74, 6) is 0.860. The van der Waals surface area contributed by atoms with Gasteiger partial charge in [0, 0.05) is 30.2 Å². The van der Waals surface area contributed by atoms with Gasteiger partial charge in [-0.2, -0.15) is 0 Å². The summed E-state index contributed by atoms with van der Waals surface area (Å²) in [5.41, 5.74) is 1.09. The molecular formula is C10H12N4S. The van der Waals surface area contributed by atoms with Crippen molar-refractivity contribution in [1.29, 1.82) is 0 Å². The molecule has 0 fully saturated rings. The van der Waals surface area contributed by atoms with Crippen LogP contribution in [0.4, 0.5) is 5.82 Å². The zero-order chi connectivity index (χ0) is 10.5. The first-order chi connectivity index (χ1) is 7.34. The Labute approximate surface area is 92.4 Å².